The van der Waals surface area contributed by atoms with Crippen molar-refractivity contribution in [3.05, 3.63) is 66.0 Å². The third kappa shape index (κ3) is 4.97. The van der Waals surface area contributed by atoms with Gasteiger partial charge in [0.15, 0.2) is 23.1 Å². The van der Waals surface area contributed by atoms with Gasteiger partial charge in [0, 0.05) is 24.0 Å². The van der Waals surface area contributed by atoms with E-state index >= 15 is 0 Å². The van der Waals surface area contributed by atoms with Crippen LogP contribution in [-0.2, 0) is 6.42 Å². The summed E-state index contributed by atoms with van der Waals surface area (Å²) in [5.74, 6) is 0.00130. The largest absolute Gasteiger partial charge is 0.450 e. The van der Waals surface area contributed by atoms with Gasteiger partial charge < -0.3 is 10.1 Å². The van der Waals surface area contributed by atoms with Gasteiger partial charge in [-0.1, -0.05) is 13.3 Å². The van der Waals surface area contributed by atoms with Crippen LogP contribution in [0.1, 0.15) is 25.3 Å². The number of ether oxygens (including phenoxy) is 1. The van der Waals surface area contributed by atoms with Crippen LogP contribution in [0.15, 0.2) is 48.8 Å². The zero-order valence-corrected chi connectivity index (χ0v) is 16.6. The molecular weight excluding hydrogens is 404 g/mol. The number of rotatable bonds is 8. The van der Waals surface area contributed by atoms with Crippen molar-refractivity contribution in [1.82, 2.24) is 30.6 Å². The molecule has 3 heterocycles. The summed E-state index contributed by atoms with van der Waals surface area (Å²) < 4.78 is 33.1. The topological polar surface area (TPSA) is 102 Å². The van der Waals surface area contributed by atoms with Crippen molar-refractivity contribution in [3.63, 3.8) is 0 Å². The summed E-state index contributed by atoms with van der Waals surface area (Å²) in [5, 5.41) is 16.8. The molecule has 0 aliphatic rings. The van der Waals surface area contributed by atoms with E-state index in [1.807, 2.05) is 0 Å². The Morgan fingerprint density at radius 1 is 1.03 bits per heavy atom. The Hall–Kier alpha value is -3.95. The molecule has 2 N–H and O–H groups in total. The first-order chi connectivity index (χ1) is 15.1. The minimum atomic E-state index is -0.799. The van der Waals surface area contributed by atoms with E-state index in [1.54, 1.807) is 30.6 Å². The second-order valence-electron chi connectivity index (χ2n) is 6.76. The summed E-state index contributed by atoms with van der Waals surface area (Å²) in [7, 11) is 0. The van der Waals surface area contributed by atoms with Gasteiger partial charge in [0.05, 0.1) is 0 Å². The minimum Gasteiger partial charge on any atom is -0.450 e. The maximum atomic E-state index is 14.1. The van der Waals surface area contributed by atoms with Crippen LogP contribution in [0.4, 0.5) is 20.4 Å². The molecule has 0 atom stereocenters. The number of H-pyrrole nitrogens is 1. The molecule has 4 aromatic rings. The predicted octanol–water partition coefficient (Wildman–Crippen LogP) is 4.81. The van der Waals surface area contributed by atoms with Crippen LogP contribution >= 0.6 is 0 Å². The lowest BCUT2D eigenvalue weighted by Gasteiger charge is -2.14. The van der Waals surface area contributed by atoms with Crippen molar-refractivity contribution in [2.75, 3.05) is 5.32 Å². The highest BCUT2D eigenvalue weighted by molar-refractivity contribution is 5.63. The maximum Gasteiger partial charge on any atom is 0.206 e. The molecule has 0 fully saturated rings. The Labute approximate surface area is 176 Å². The van der Waals surface area contributed by atoms with E-state index in [1.165, 1.54) is 6.07 Å². The summed E-state index contributed by atoms with van der Waals surface area (Å²) in [6.45, 7) is 2.10. The lowest BCUT2D eigenvalue weighted by Crippen LogP contribution is -2.01. The van der Waals surface area contributed by atoms with Crippen molar-refractivity contribution < 1.29 is 13.5 Å². The van der Waals surface area contributed by atoms with E-state index in [2.05, 4.69) is 42.8 Å². The summed E-state index contributed by atoms with van der Waals surface area (Å²) in [5.41, 5.74) is 1.64. The van der Waals surface area contributed by atoms with E-state index < -0.39 is 11.6 Å². The number of nitrogens with one attached hydrogen (secondary N) is 2. The monoisotopic (exact) mass is 423 g/mol. The summed E-state index contributed by atoms with van der Waals surface area (Å²) in [6, 6.07) is 8.44. The van der Waals surface area contributed by atoms with Crippen molar-refractivity contribution in [2.24, 2.45) is 0 Å². The number of nitrogens with zero attached hydrogens (tertiary/aromatic N) is 5. The average Bonchev–Trinajstić information content (AvgIpc) is 3.31. The van der Waals surface area contributed by atoms with Crippen LogP contribution in [0.2, 0.25) is 0 Å². The van der Waals surface area contributed by atoms with Crippen molar-refractivity contribution in [2.45, 2.75) is 26.2 Å². The fourth-order valence-electron chi connectivity index (χ4n) is 2.86. The van der Waals surface area contributed by atoms with Gasteiger partial charge in [-0.05, 0) is 54.0 Å². The molecular formula is C21H19F2N7O. The molecule has 0 saturated heterocycles. The molecule has 0 unspecified atom stereocenters. The molecule has 3 aromatic heterocycles. The molecule has 31 heavy (non-hydrogen) atoms. The van der Waals surface area contributed by atoms with Gasteiger partial charge >= 0.3 is 0 Å². The Balaban J connectivity index is 1.61. The van der Waals surface area contributed by atoms with Crippen molar-refractivity contribution in [1.29, 1.82) is 0 Å². The van der Waals surface area contributed by atoms with Crippen LogP contribution in [-0.4, -0.2) is 30.6 Å². The quantitative estimate of drug-likeness (QED) is 0.419. The van der Waals surface area contributed by atoms with E-state index in [0.717, 1.165) is 37.0 Å². The molecule has 0 spiro atoms. The number of hydrogen-bond donors (Lipinski definition) is 2. The number of aryl methyl sites for hydroxylation is 1. The van der Waals surface area contributed by atoms with Gasteiger partial charge in [-0.3, -0.25) is 0 Å². The first kappa shape index (κ1) is 20.3. The lowest BCUT2D eigenvalue weighted by atomic mass is 10.1. The number of anilines is 2. The van der Waals surface area contributed by atoms with Crippen molar-refractivity contribution >= 4 is 11.6 Å². The van der Waals surface area contributed by atoms with E-state index in [4.69, 9.17) is 4.74 Å². The highest BCUT2D eigenvalue weighted by Crippen LogP contribution is 2.32. The molecule has 10 heteroatoms. The molecule has 0 aliphatic heterocycles. The molecule has 8 nitrogen and oxygen atoms in total. The Kier molecular flexibility index (Phi) is 6.06. The standard InChI is InChI=1S/C21H19F2N7O/c1-2-3-4-13-9-18(31-17-7-6-15(22)10-16(17)23)21(25-11-13)26-19-8-5-14(12-24-19)20-27-29-30-28-20/h5-12H,2-4H2,1H3,(H,24,25,26)(H,27,28,29,30). The number of benzene rings is 1. The number of halogens is 2. The van der Waals surface area contributed by atoms with Gasteiger partial charge in [-0.2, -0.15) is 5.21 Å². The van der Waals surface area contributed by atoms with Gasteiger partial charge in [0.25, 0.3) is 0 Å². The molecule has 1 aromatic carbocycles. The first-order valence-corrected chi connectivity index (χ1v) is 9.71. The smallest absolute Gasteiger partial charge is 0.206 e. The molecule has 0 radical (unpaired) electrons. The van der Waals surface area contributed by atoms with E-state index in [9.17, 15) is 8.78 Å². The van der Waals surface area contributed by atoms with Crippen LogP contribution in [0.3, 0.4) is 0 Å². The average molecular weight is 423 g/mol. The normalized spacial score (nSPS) is 10.8. The zero-order chi connectivity index (χ0) is 21.6. The number of pyridine rings is 2. The van der Waals surface area contributed by atoms with Gasteiger partial charge in [0.2, 0.25) is 5.82 Å². The Bertz CT molecular complexity index is 1150. The molecule has 0 amide bonds. The number of aromatic amines is 1. The van der Waals surface area contributed by atoms with Crippen LogP contribution in [0.5, 0.6) is 11.5 Å². The second-order valence-corrected chi connectivity index (χ2v) is 6.76. The predicted molar refractivity (Wildman–Crippen MR) is 110 cm³/mol. The third-order valence-corrected chi connectivity index (χ3v) is 4.46. The van der Waals surface area contributed by atoms with E-state index in [0.29, 0.717) is 28.8 Å². The second kappa shape index (κ2) is 9.24. The highest BCUT2D eigenvalue weighted by atomic mass is 19.1. The number of hydrogen-bond acceptors (Lipinski definition) is 7. The molecule has 158 valence electrons. The highest BCUT2D eigenvalue weighted by Gasteiger charge is 2.13. The molecule has 0 aliphatic carbocycles. The van der Waals surface area contributed by atoms with Crippen LogP contribution in [0, 0.1) is 11.6 Å². The summed E-state index contributed by atoms with van der Waals surface area (Å²) in [6.07, 6.45) is 6.14. The fraction of sp³-hybridized carbons (Fsp3) is 0.190. The summed E-state index contributed by atoms with van der Waals surface area (Å²) >= 11 is 0. The van der Waals surface area contributed by atoms with Gasteiger partial charge in [-0.15, -0.1) is 10.2 Å². The van der Waals surface area contributed by atoms with Crippen molar-refractivity contribution in [3.8, 4) is 22.9 Å². The SMILES string of the molecule is CCCCc1cnc(Nc2ccc(-c3nn[nH]n3)cn2)c(Oc2ccc(F)cc2F)c1. The van der Waals surface area contributed by atoms with Crippen LogP contribution in [0.25, 0.3) is 11.4 Å². The zero-order valence-electron chi connectivity index (χ0n) is 16.6. The Morgan fingerprint density at radius 2 is 1.94 bits per heavy atom. The number of aromatic nitrogens is 6. The third-order valence-electron chi connectivity index (χ3n) is 4.46. The number of unbranched alkanes of at least 4 members (excludes halogenated alkanes) is 1. The lowest BCUT2D eigenvalue weighted by molar-refractivity contribution is 0.437. The summed E-state index contributed by atoms with van der Waals surface area (Å²) in [4.78, 5) is 8.76. The molecule has 4 rings (SSSR count). The fourth-order valence-corrected chi connectivity index (χ4v) is 2.86. The van der Waals surface area contributed by atoms with E-state index in [-0.39, 0.29) is 5.75 Å². The Morgan fingerprint density at radius 3 is 2.65 bits per heavy atom. The van der Waals surface area contributed by atoms with Gasteiger partial charge in [-0.25, -0.2) is 18.7 Å². The minimum absolute atomic E-state index is 0.0979. The van der Waals surface area contributed by atoms with Crippen LogP contribution < -0.4 is 10.1 Å². The maximum absolute atomic E-state index is 14.1. The number of tetrazole rings is 1. The van der Waals surface area contributed by atoms with Gasteiger partial charge in [0.1, 0.15) is 11.6 Å². The molecule has 0 saturated carbocycles. The molecule has 0 bridgehead atoms. The first-order valence-electron chi connectivity index (χ1n) is 9.71.